The first-order chi connectivity index (χ1) is 6.70. The van der Waals surface area contributed by atoms with Crippen LogP contribution < -0.4 is 4.74 Å². The van der Waals surface area contributed by atoms with Crippen LogP contribution in [0.15, 0.2) is 24.3 Å². The first-order valence-corrected chi connectivity index (χ1v) is 4.28. The van der Waals surface area contributed by atoms with Gasteiger partial charge in [0.25, 0.3) is 0 Å². The lowest BCUT2D eigenvalue weighted by atomic mass is 10.2. The summed E-state index contributed by atoms with van der Waals surface area (Å²) in [6.45, 7) is -0.805. The average molecular weight is 202 g/mol. The van der Waals surface area contributed by atoms with Crippen LogP contribution in [0.25, 0.3) is 0 Å². The molecule has 0 aromatic heterocycles. The molecule has 0 amide bonds. The van der Waals surface area contributed by atoms with Crippen molar-refractivity contribution in [2.45, 2.75) is 13.5 Å². The van der Waals surface area contributed by atoms with Crippen LogP contribution in [0.5, 0.6) is 5.75 Å². The van der Waals surface area contributed by atoms with Crippen molar-refractivity contribution >= 4 is 0 Å². The zero-order valence-corrected chi connectivity index (χ0v) is 7.87. The predicted molar refractivity (Wildman–Crippen MR) is 48.6 cm³/mol. The summed E-state index contributed by atoms with van der Waals surface area (Å²) in [6.07, 6.45) is 0. The standard InChI is InChI=1S/C10H12F2O2/c1-8-4-2-3-5-9(8)13-6-7-14-10(11)12/h2-5,10H,6-7H2,1H3. The summed E-state index contributed by atoms with van der Waals surface area (Å²) in [6, 6.07) is 7.40. The van der Waals surface area contributed by atoms with Crippen LogP contribution in [0.2, 0.25) is 0 Å². The average Bonchev–Trinajstić information content (AvgIpc) is 2.15. The molecule has 0 bridgehead atoms. The Balaban J connectivity index is 2.28. The molecule has 0 saturated heterocycles. The predicted octanol–water partition coefficient (Wildman–Crippen LogP) is 2.61. The quantitative estimate of drug-likeness (QED) is 0.683. The van der Waals surface area contributed by atoms with Gasteiger partial charge in [0.05, 0.1) is 6.61 Å². The van der Waals surface area contributed by atoms with E-state index in [-0.39, 0.29) is 13.2 Å². The van der Waals surface area contributed by atoms with Crippen LogP contribution in [0, 0.1) is 6.92 Å². The molecule has 0 aliphatic heterocycles. The van der Waals surface area contributed by atoms with Gasteiger partial charge in [0, 0.05) is 0 Å². The largest absolute Gasteiger partial charge is 0.491 e. The summed E-state index contributed by atoms with van der Waals surface area (Å²) >= 11 is 0. The molecule has 0 fully saturated rings. The van der Waals surface area contributed by atoms with E-state index < -0.39 is 6.61 Å². The molecule has 0 unspecified atom stereocenters. The monoisotopic (exact) mass is 202 g/mol. The number of alkyl halides is 2. The summed E-state index contributed by atoms with van der Waals surface area (Å²) in [5.74, 6) is 0.699. The molecule has 2 nitrogen and oxygen atoms in total. The Morgan fingerprint density at radius 2 is 1.93 bits per heavy atom. The lowest BCUT2D eigenvalue weighted by molar-refractivity contribution is -0.133. The van der Waals surface area contributed by atoms with Crippen molar-refractivity contribution in [2.24, 2.45) is 0 Å². The van der Waals surface area contributed by atoms with E-state index in [2.05, 4.69) is 4.74 Å². The summed E-state index contributed by atoms with van der Waals surface area (Å²) in [4.78, 5) is 0. The number of halogens is 2. The Kier molecular flexibility index (Phi) is 4.32. The Hall–Kier alpha value is -1.16. The first kappa shape index (κ1) is 10.9. The molecule has 0 aliphatic carbocycles. The lowest BCUT2D eigenvalue weighted by Gasteiger charge is -2.08. The third kappa shape index (κ3) is 3.70. The molecule has 0 N–H and O–H groups in total. The van der Waals surface area contributed by atoms with Crippen molar-refractivity contribution in [1.29, 1.82) is 0 Å². The second kappa shape index (κ2) is 5.54. The fraction of sp³-hybridized carbons (Fsp3) is 0.400. The zero-order chi connectivity index (χ0) is 10.4. The van der Waals surface area contributed by atoms with E-state index in [1.165, 1.54) is 0 Å². The lowest BCUT2D eigenvalue weighted by Crippen LogP contribution is -2.10. The Bertz CT molecular complexity index is 277. The molecular formula is C10H12F2O2. The van der Waals surface area contributed by atoms with Gasteiger partial charge in [-0.15, -0.1) is 0 Å². The van der Waals surface area contributed by atoms with Gasteiger partial charge >= 0.3 is 6.61 Å². The molecule has 0 radical (unpaired) electrons. The van der Waals surface area contributed by atoms with Gasteiger partial charge in [0.2, 0.25) is 0 Å². The molecule has 14 heavy (non-hydrogen) atoms. The second-order valence-corrected chi connectivity index (χ2v) is 2.75. The SMILES string of the molecule is Cc1ccccc1OCCOC(F)F. The number of hydrogen-bond acceptors (Lipinski definition) is 2. The van der Waals surface area contributed by atoms with E-state index in [0.717, 1.165) is 5.56 Å². The van der Waals surface area contributed by atoms with E-state index in [9.17, 15) is 8.78 Å². The second-order valence-electron chi connectivity index (χ2n) is 2.75. The van der Waals surface area contributed by atoms with Gasteiger partial charge in [0.1, 0.15) is 12.4 Å². The molecular weight excluding hydrogens is 190 g/mol. The fourth-order valence-electron chi connectivity index (χ4n) is 1.01. The highest BCUT2D eigenvalue weighted by atomic mass is 19.3. The smallest absolute Gasteiger partial charge is 0.345 e. The minimum atomic E-state index is -2.73. The van der Waals surface area contributed by atoms with Gasteiger partial charge < -0.3 is 9.47 Å². The number of ether oxygens (including phenoxy) is 2. The highest BCUT2D eigenvalue weighted by Crippen LogP contribution is 2.15. The van der Waals surface area contributed by atoms with Gasteiger partial charge in [0.15, 0.2) is 0 Å². The maximum Gasteiger partial charge on any atom is 0.345 e. The topological polar surface area (TPSA) is 18.5 Å². The van der Waals surface area contributed by atoms with Crippen LogP contribution in [-0.2, 0) is 4.74 Å². The van der Waals surface area contributed by atoms with Crippen molar-refractivity contribution < 1.29 is 18.3 Å². The van der Waals surface area contributed by atoms with Crippen molar-refractivity contribution in [3.63, 3.8) is 0 Å². The van der Waals surface area contributed by atoms with E-state index in [1.807, 2.05) is 25.1 Å². The van der Waals surface area contributed by atoms with Crippen molar-refractivity contribution in [1.82, 2.24) is 0 Å². The van der Waals surface area contributed by atoms with Crippen LogP contribution >= 0.6 is 0 Å². The van der Waals surface area contributed by atoms with Gasteiger partial charge in [-0.1, -0.05) is 18.2 Å². The third-order valence-corrected chi connectivity index (χ3v) is 1.68. The Morgan fingerprint density at radius 3 is 2.57 bits per heavy atom. The van der Waals surface area contributed by atoms with Gasteiger partial charge in [-0.05, 0) is 18.6 Å². The fourth-order valence-corrected chi connectivity index (χ4v) is 1.01. The van der Waals surface area contributed by atoms with E-state index in [4.69, 9.17) is 4.74 Å². The van der Waals surface area contributed by atoms with E-state index in [1.54, 1.807) is 6.07 Å². The summed E-state index contributed by atoms with van der Waals surface area (Å²) in [5.41, 5.74) is 0.976. The number of para-hydroxylation sites is 1. The van der Waals surface area contributed by atoms with Crippen molar-refractivity contribution in [3.05, 3.63) is 29.8 Å². The highest BCUT2D eigenvalue weighted by molar-refractivity contribution is 5.31. The number of hydrogen-bond donors (Lipinski definition) is 0. The van der Waals surface area contributed by atoms with Crippen LogP contribution in [0.4, 0.5) is 8.78 Å². The molecule has 0 saturated carbocycles. The molecule has 4 heteroatoms. The molecule has 0 aliphatic rings. The maximum absolute atomic E-state index is 11.6. The van der Waals surface area contributed by atoms with Gasteiger partial charge in [-0.25, -0.2) is 0 Å². The minimum Gasteiger partial charge on any atom is -0.491 e. The summed E-state index contributed by atoms with van der Waals surface area (Å²) in [7, 11) is 0. The molecule has 0 spiro atoms. The maximum atomic E-state index is 11.6. The molecule has 0 heterocycles. The van der Waals surface area contributed by atoms with Crippen molar-refractivity contribution in [3.8, 4) is 5.75 Å². The Morgan fingerprint density at radius 1 is 1.21 bits per heavy atom. The van der Waals surface area contributed by atoms with Crippen LogP contribution in [0.1, 0.15) is 5.56 Å². The summed E-state index contributed by atoms with van der Waals surface area (Å²) in [5, 5.41) is 0. The molecule has 1 aromatic rings. The first-order valence-electron chi connectivity index (χ1n) is 4.28. The number of aryl methyl sites for hydroxylation is 1. The molecule has 0 atom stereocenters. The van der Waals surface area contributed by atoms with E-state index in [0.29, 0.717) is 5.75 Å². The van der Waals surface area contributed by atoms with Crippen LogP contribution in [0.3, 0.4) is 0 Å². The van der Waals surface area contributed by atoms with Crippen molar-refractivity contribution in [2.75, 3.05) is 13.2 Å². The number of benzene rings is 1. The number of rotatable bonds is 5. The van der Waals surface area contributed by atoms with Gasteiger partial charge in [-0.2, -0.15) is 8.78 Å². The zero-order valence-electron chi connectivity index (χ0n) is 7.87. The molecule has 1 rings (SSSR count). The van der Waals surface area contributed by atoms with E-state index >= 15 is 0 Å². The van der Waals surface area contributed by atoms with Crippen LogP contribution in [-0.4, -0.2) is 19.8 Å². The normalized spacial score (nSPS) is 10.6. The summed E-state index contributed by atoms with van der Waals surface area (Å²) < 4.78 is 32.4. The van der Waals surface area contributed by atoms with Gasteiger partial charge in [-0.3, -0.25) is 0 Å². The minimum absolute atomic E-state index is 0.105. The third-order valence-electron chi connectivity index (χ3n) is 1.68. The highest BCUT2D eigenvalue weighted by Gasteiger charge is 2.01. The molecule has 78 valence electrons. The Labute approximate surface area is 81.4 Å². The molecule has 1 aromatic carbocycles.